The Morgan fingerprint density at radius 2 is 1.79 bits per heavy atom. The van der Waals surface area contributed by atoms with E-state index in [1.165, 1.54) is 24.3 Å². The van der Waals surface area contributed by atoms with Crippen molar-refractivity contribution in [2.75, 3.05) is 0 Å². The lowest BCUT2D eigenvalue weighted by molar-refractivity contribution is -0.119. The maximum atomic E-state index is 13.5. The van der Waals surface area contributed by atoms with Gasteiger partial charge in [-0.3, -0.25) is 4.79 Å². The molecule has 0 bridgehead atoms. The number of aromatic nitrogens is 2. The largest absolute Gasteiger partial charge is 0.417 e. The van der Waals surface area contributed by atoms with Gasteiger partial charge < -0.3 is 9.84 Å². The third-order valence-corrected chi connectivity index (χ3v) is 4.94. The first-order valence-corrected chi connectivity index (χ1v) is 9.27. The number of nitrogens with one attached hydrogen (secondary N) is 1. The number of amides is 1. The molecule has 0 spiro atoms. The minimum atomic E-state index is -4.65. The number of hydrogen-bond donors (Lipinski definition) is 1. The van der Waals surface area contributed by atoms with E-state index in [1.54, 1.807) is 13.0 Å². The zero-order valence-corrected chi connectivity index (χ0v) is 15.6. The van der Waals surface area contributed by atoms with Crippen LogP contribution >= 0.6 is 0 Å². The second kappa shape index (κ2) is 8.16. The van der Waals surface area contributed by atoms with Crippen LogP contribution in [0.1, 0.15) is 55.8 Å². The summed E-state index contributed by atoms with van der Waals surface area (Å²) in [5.74, 6) is -0.147. The van der Waals surface area contributed by atoms with Crippen LogP contribution in [0.2, 0.25) is 0 Å². The van der Waals surface area contributed by atoms with Crippen LogP contribution in [0.4, 0.5) is 13.2 Å². The maximum absolute atomic E-state index is 13.5. The van der Waals surface area contributed by atoms with Crippen molar-refractivity contribution >= 4 is 11.5 Å². The average Bonchev–Trinajstić information content (AvgIpc) is 2.95. The summed E-state index contributed by atoms with van der Waals surface area (Å²) >= 11 is 0. The van der Waals surface area contributed by atoms with E-state index in [9.17, 15) is 18.0 Å². The summed E-state index contributed by atoms with van der Waals surface area (Å²) < 4.78 is 45.7. The number of allylic oxidation sites excluding steroid dienone is 1. The summed E-state index contributed by atoms with van der Waals surface area (Å²) in [6.45, 7) is 1.64. The third-order valence-electron chi connectivity index (χ3n) is 4.94. The molecule has 8 heteroatoms. The van der Waals surface area contributed by atoms with Crippen LogP contribution < -0.4 is 5.32 Å². The molecule has 0 unspecified atom stereocenters. The summed E-state index contributed by atoms with van der Waals surface area (Å²) in [5.41, 5.74) is -1.97. The lowest BCUT2D eigenvalue weighted by Gasteiger charge is -2.30. The Morgan fingerprint density at radius 1 is 1.14 bits per heavy atom. The number of hydrogen-bond acceptors (Lipinski definition) is 4. The number of alkyl halides is 3. The van der Waals surface area contributed by atoms with Gasteiger partial charge in [-0.1, -0.05) is 61.2 Å². The highest BCUT2D eigenvalue weighted by Gasteiger charge is 2.40. The van der Waals surface area contributed by atoms with Crippen LogP contribution in [-0.4, -0.2) is 22.2 Å². The van der Waals surface area contributed by atoms with Crippen molar-refractivity contribution in [3.63, 3.8) is 0 Å². The summed E-state index contributed by atoms with van der Waals surface area (Å²) in [7, 11) is 0. The van der Waals surface area contributed by atoms with Crippen molar-refractivity contribution in [1.29, 1.82) is 0 Å². The predicted octanol–water partition coefficient (Wildman–Crippen LogP) is 4.69. The van der Waals surface area contributed by atoms with Crippen molar-refractivity contribution in [3.8, 4) is 0 Å². The number of nitrogens with zero attached hydrogens (tertiary/aromatic N) is 2. The quantitative estimate of drug-likeness (QED) is 0.604. The van der Waals surface area contributed by atoms with Gasteiger partial charge in [0.05, 0.1) is 5.57 Å². The average molecular weight is 393 g/mol. The van der Waals surface area contributed by atoms with E-state index in [4.69, 9.17) is 4.52 Å². The highest BCUT2D eigenvalue weighted by molar-refractivity contribution is 5.96. The molecule has 1 aromatic heterocycles. The zero-order chi connectivity index (χ0) is 20.2. The van der Waals surface area contributed by atoms with E-state index in [1.807, 2.05) is 0 Å². The van der Waals surface area contributed by atoms with Gasteiger partial charge >= 0.3 is 6.18 Å². The van der Waals surface area contributed by atoms with Gasteiger partial charge in [0.2, 0.25) is 11.8 Å². The van der Waals surface area contributed by atoms with Crippen LogP contribution in [-0.2, 0) is 10.3 Å². The van der Waals surface area contributed by atoms with Gasteiger partial charge in [-0.05, 0) is 18.4 Å². The van der Waals surface area contributed by atoms with E-state index in [0.717, 1.165) is 25.7 Å². The predicted molar refractivity (Wildman–Crippen MR) is 97.0 cm³/mol. The fraction of sp³-hybridized carbons (Fsp3) is 0.450. The number of rotatable bonds is 4. The van der Waals surface area contributed by atoms with E-state index in [0.29, 0.717) is 30.6 Å². The highest BCUT2D eigenvalue weighted by Crippen LogP contribution is 2.36. The Hall–Kier alpha value is -2.64. The number of benzene rings is 1. The second-order valence-corrected chi connectivity index (χ2v) is 7.04. The second-order valence-electron chi connectivity index (χ2n) is 7.04. The molecule has 1 saturated carbocycles. The number of halogens is 3. The minimum absolute atomic E-state index is 0.0597. The Labute approximate surface area is 161 Å². The molecule has 1 aliphatic rings. The Kier molecular flexibility index (Phi) is 5.86. The van der Waals surface area contributed by atoms with Crippen molar-refractivity contribution in [3.05, 3.63) is 53.7 Å². The summed E-state index contributed by atoms with van der Waals surface area (Å²) in [4.78, 5) is 16.9. The molecular formula is C20H22F3N3O2. The van der Waals surface area contributed by atoms with Gasteiger partial charge in [0, 0.05) is 13.0 Å². The third kappa shape index (κ3) is 4.61. The highest BCUT2D eigenvalue weighted by atomic mass is 19.4. The molecule has 1 heterocycles. The molecule has 3 rings (SSSR count). The lowest BCUT2D eigenvalue weighted by Crippen LogP contribution is -2.46. The Bertz CT molecular complexity index is 836. The van der Waals surface area contributed by atoms with Crippen LogP contribution in [0.5, 0.6) is 0 Å². The molecule has 150 valence electrons. The van der Waals surface area contributed by atoms with Gasteiger partial charge in [-0.25, -0.2) is 0 Å². The van der Waals surface area contributed by atoms with Crippen LogP contribution in [0.25, 0.3) is 5.57 Å². The summed E-state index contributed by atoms with van der Waals surface area (Å²) in [5, 5.41) is 6.72. The van der Waals surface area contributed by atoms with Crippen molar-refractivity contribution in [1.82, 2.24) is 15.5 Å². The lowest BCUT2D eigenvalue weighted by atomic mass is 9.89. The van der Waals surface area contributed by atoms with Gasteiger partial charge in [0.15, 0.2) is 5.82 Å². The van der Waals surface area contributed by atoms with Gasteiger partial charge in [-0.2, -0.15) is 18.2 Å². The zero-order valence-electron chi connectivity index (χ0n) is 15.6. The summed E-state index contributed by atoms with van der Waals surface area (Å²) in [6.07, 6.45) is 0.693. The molecule has 0 atom stereocenters. The van der Waals surface area contributed by atoms with Crippen molar-refractivity contribution in [2.24, 2.45) is 0 Å². The first-order valence-electron chi connectivity index (χ1n) is 9.27. The smallest absolute Gasteiger partial charge is 0.340 e. The van der Waals surface area contributed by atoms with Gasteiger partial charge in [0.1, 0.15) is 5.54 Å². The van der Waals surface area contributed by atoms with E-state index in [2.05, 4.69) is 15.5 Å². The molecule has 1 amide bonds. The normalized spacial score (nSPS) is 17.8. The fourth-order valence-electron chi connectivity index (χ4n) is 3.58. The topological polar surface area (TPSA) is 68.0 Å². The number of carbonyl (C=O) groups excluding carboxylic acids is 1. The summed E-state index contributed by atoms with van der Waals surface area (Å²) in [6, 6.07) is 7.28. The van der Waals surface area contributed by atoms with Crippen LogP contribution in [0, 0.1) is 6.92 Å². The van der Waals surface area contributed by atoms with Crippen molar-refractivity contribution in [2.45, 2.75) is 57.2 Å². The maximum Gasteiger partial charge on any atom is 0.417 e. The molecule has 0 radical (unpaired) electrons. The molecule has 2 aromatic rings. The van der Waals surface area contributed by atoms with Gasteiger partial charge in [0.25, 0.3) is 0 Å². The SMILES string of the molecule is Cc1nc(C2(NC(=O)/C=C(/c3ccccc3)C(F)(F)F)CCCCCC2)no1. The molecule has 0 saturated heterocycles. The minimum Gasteiger partial charge on any atom is -0.340 e. The first kappa shape index (κ1) is 20.1. The molecule has 1 aromatic carbocycles. The molecule has 1 fully saturated rings. The fourth-order valence-corrected chi connectivity index (χ4v) is 3.58. The monoisotopic (exact) mass is 393 g/mol. The number of aryl methyl sites for hydroxylation is 1. The van der Waals surface area contributed by atoms with E-state index >= 15 is 0 Å². The molecule has 1 N–H and O–H groups in total. The van der Waals surface area contributed by atoms with E-state index < -0.39 is 23.2 Å². The molecular weight excluding hydrogens is 371 g/mol. The first-order chi connectivity index (χ1) is 13.3. The van der Waals surface area contributed by atoms with Crippen LogP contribution in [0.3, 0.4) is 0 Å². The Balaban J connectivity index is 1.93. The number of carbonyl (C=O) groups is 1. The molecule has 1 aliphatic carbocycles. The van der Waals surface area contributed by atoms with Crippen LogP contribution in [0.15, 0.2) is 40.9 Å². The van der Waals surface area contributed by atoms with E-state index in [-0.39, 0.29) is 5.56 Å². The Morgan fingerprint density at radius 3 is 2.32 bits per heavy atom. The van der Waals surface area contributed by atoms with Gasteiger partial charge in [-0.15, -0.1) is 0 Å². The van der Waals surface area contributed by atoms with Crippen molar-refractivity contribution < 1.29 is 22.5 Å². The standard InChI is InChI=1S/C20H22F3N3O2/c1-14-24-18(26-28-14)19(11-7-2-3-8-12-19)25-17(27)13-16(20(21,22)23)15-9-5-4-6-10-15/h4-6,9-10,13H,2-3,7-8,11-12H2,1H3,(H,25,27)/b16-13-. The molecule has 28 heavy (non-hydrogen) atoms. The molecule has 5 nitrogen and oxygen atoms in total. The molecule has 0 aliphatic heterocycles.